The Labute approximate surface area is 132 Å². The van der Waals surface area contributed by atoms with Crippen LogP contribution in [0.3, 0.4) is 0 Å². The van der Waals surface area contributed by atoms with Crippen LogP contribution in [0.4, 0.5) is 11.4 Å². The summed E-state index contributed by atoms with van der Waals surface area (Å²) < 4.78 is 6.25. The van der Waals surface area contributed by atoms with Crippen LogP contribution in [0, 0.1) is 6.92 Å². The number of nitrogens with one attached hydrogen (secondary N) is 1. The second-order valence-corrected chi connectivity index (χ2v) is 5.48. The topological polar surface area (TPSA) is 64.3 Å². The van der Waals surface area contributed by atoms with Crippen molar-refractivity contribution in [2.75, 3.05) is 17.7 Å². The van der Waals surface area contributed by atoms with E-state index in [2.05, 4.69) is 21.2 Å². The van der Waals surface area contributed by atoms with Gasteiger partial charge in [0.05, 0.1) is 12.3 Å². The fourth-order valence-corrected chi connectivity index (χ4v) is 2.25. The van der Waals surface area contributed by atoms with Crippen LogP contribution in [-0.4, -0.2) is 12.5 Å². The lowest BCUT2D eigenvalue weighted by Gasteiger charge is -2.12. The number of amides is 1. The summed E-state index contributed by atoms with van der Waals surface area (Å²) in [7, 11) is 0. The number of halogens is 1. The molecular formula is C16H17BrN2O2. The van der Waals surface area contributed by atoms with Crippen LogP contribution in [0.1, 0.15) is 22.8 Å². The van der Waals surface area contributed by atoms with Gasteiger partial charge < -0.3 is 15.8 Å². The molecule has 1 amide bonds. The fraction of sp³-hybridized carbons (Fsp3) is 0.188. The van der Waals surface area contributed by atoms with Crippen LogP contribution >= 0.6 is 15.9 Å². The fourth-order valence-electron chi connectivity index (χ4n) is 1.87. The zero-order valence-electron chi connectivity index (χ0n) is 11.9. The first-order valence-corrected chi connectivity index (χ1v) is 7.40. The Kier molecular flexibility index (Phi) is 4.85. The average molecular weight is 349 g/mol. The molecule has 2 rings (SSSR count). The highest BCUT2D eigenvalue weighted by Gasteiger charge is 2.11. The smallest absolute Gasteiger partial charge is 0.255 e. The Morgan fingerprint density at radius 1 is 1.29 bits per heavy atom. The van der Waals surface area contributed by atoms with E-state index in [1.165, 1.54) is 0 Å². The lowest BCUT2D eigenvalue weighted by atomic mass is 10.1. The van der Waals surface area contributed by atoms with E-state index in [0.29, 0.717) is 33.8 Å². The number of ether oxygens (including phenoxy) is 1. The molecular weight excluding hydrogens is 332 g/mol. The minimum atomic E-state index is -0.208. The molecule has 0 radical (unpaired) electrons. The van der Waals surface area contributed by atoms with E-state index in [1.54, 1.807) is 18.2 Å². The van der Waals surface area contributed by atoms with Crippen LogP contribution in [0.25, 0.3) is 0 Å². The van der Waals surface area contributed by atoms with Gasteiger partial charge in [0.2, 0.25) is 0 Å². The van der Waals surface area contributed by atoms with Gasteiger partial charge in [0.25, 0.3) is 5.91 Å². The van der Waals surface area contributed by atoms with Gasteiger partial charge in [0.15, 0.2) is 0 Å². The van der Waals surface area contributed by atoms with Crippen LogP contribution in [0.15, 0.2) is 40.9 Å². The number of nitrogens with two attached hydrogens (primary N) is 1. The van der Waals surface area contributed by atoms with E-state index in [0.717, 1.165) is 5.56 Å². The molecule has 0 aliphatic rings. The third kappa shape index (κ3) is 3.76. The first kappa shape index (κ1) is 15.4. The van der Waals surface area contributed by atoms with Gasteiger partial charge in [-0.1, -0.05) is 6.07 Å². The van der Waals surface area contributed by atoms with Gasteiger partial charge in [-0.3, -0.25) is 4.79 Å². The number of rotatable bonds is 4. The number of benzene rings is 2. The standard InChI is InChI=1S/C16H17BrN2O2/c1-3-21-15-8-10(2)4-7-14(15)19-16(20)11-5-6-13(18)12(17)9-11/h4-9H,3,18H2,1-2H3,(H,19,20). The van der Waals surface area contributed by atoms with E-state index in [-0.39, 0.29) is 5.91 Å². The summed E-state index contributed by atoms with van der Waals surface area (Å²) in [6, 6.07) is 10.7. The minimum absolute atomic E-state index is 0.208. The van der Waals surface area contributed by atoms with Gasteiger partial charge in [-0.15, -0.1) is 0 Å². The van der Waals surface area contributed by atoms with Crippen LogP contribution in [0.2, 0.25) is 0 Å². The number of carbonyl (C=O) groups is 1. The van der Waals surface area contributed by atoms with E-state index < -0.39 is 0 Å². The summed E-state index contributed by atoms with van der Waals surface area (Å²) in [6.07, 6.45) is 0. The molecule has 3 N–H and O–H groups in total. The van der Waals surface area contributed by atoms with Crippen molar-refractivity contribution in [3.05, 3.63) is 52.0 Å². The number of hydrogen-bond donors (Lipinski definition) is 2. The normalized spacial score (nSPS) is 10.2. The Morgan fingerprint density at radius 2 is 2.05 bits per heavy atom. The molecule has 110 valence electrons. The monoisotopic (exact) mass is 348 g/mol. The molecule has 21 heavy (non-hydrogen) atoms. The summed E-state index contributed by atoms with van der Waals surface area (Å²) in [5, 5.41) is 2.86. The third-order valence-corrected chi connectivity index (χ3v) is 3.63. The molecule has 0 aromatic heterocycles. The Bertz CT molecular complexity index is 671. The van der Waals surface area contributed by atoms with Crippen molar-refractivity contribution in [2.45, 2.75) is 13.8 Å². The number of carbonyl (C=O) groups excluding carboxylic acids is 1. The highest BCUT2D eigenvalue weighted by molar-refractivity contribution is 9.10. The van der Waals surface area contributed by atoms with Gasteiger partial charge in [-0.2, -0.15) is 0 Å². The molecule has 0 fully saturated rings. The van der Waals surface area contributed by atoms with Gasteiger partial charge >= 0.3 is 0 Å². The van der Waals surface area contributed by atoms with Crippen molar-refractivity contribution < 1.29 is 9.53 Å². The number of hydrogen-bond acceptors (Lipinski definition) is 3. The highest BCUT2D eigenvalue weighted by atomic mass is 79.9. The zero-order chi connectivity index (χ0) is 15.4. The quantitative estimate of drug-likeness (QED) is 0.821. The molecule has 0 spiro atoms. The van der Waals surface area contributed by atoms with Gasteiger partial charge in [0, 0.05) is 15.7 Å². The molecule has 0 bridgehead atoms. The SMILES string of the molecule is CCOc1cc(C)ccc1NC(=O)c1ccc(N)c(Br)c1. The largest absolute Gasteiger partial charge is 0.492 e. The van der Waals surface area contributed by atoms with Crippen LogP contribution in [0.5, 0.6) is 5.75 Å². The molecule has 0 aliphatic heterocycles. The molecule has 0 heterocycles. The van der Waals surface area contributed by atoms with E-state index in [9.17, 15) is 4.79 Å². The molecule has 2 aromatic carbocycles. The second-order valence-electron chi connectivity index (χ2n) is 4.62. The molecule has 4 nitrogen and oxygen atoms in total. The highest BCUT2D eigenvalue weighted by Crippen LogP contribution is 2.27. The van der Waals surface area contributed by atoms with Gasteiger partial charge in [-0.05, 0) is 65.7 Å². The van der Waals surface area contributed by atoms with E-state index in [1.807, 2.05) is 32.0 Å². The zero-order valence-corrected chi connectivity index (χ0v) is 13.5. The maximum atomic E-state index is 12.3. The molecule has 0 aliphatic carbocycles. The number of anilines is 2. The number of nitrogen functional groups attached to an aromatic ring is 1. The van der Waals surface area contributed by atoms with Crippen molar-refractivity contribution in [3.8, 4) is 5.75 Å². The van der Waals surface area contributed by atoms with Crippen molar-refractivity contribution in [1.82, 2.24) is 0 Å². The summed E-state index contributed by atoms with van der Waals surface area (Å²) in [4.78, 5) is 12.3. The average Bonchev–Trinajstić information content (AvgIpc) is 2.45. The predicted molar refractivity (Wildman–Crippen MR) is 88.9 cm³/mol. The lowest BCUT2D eigenvalue weighted by Crippen LogP contribution is -2.13. The number of aryl methyl sites for hydroxylation is 1. The minimum Gasteiger partial charge on any atom is -0.492 e. The van der Waals surface area contributed by atoms with E-state index >= 15 is 0 Å². The lowest BCUT2D eigenvalue weighted by molar-refractivity contribution is 0.102. The molecule has 5 heteroatoms. The van der Waals surface area contributed by atoms with Crippen molar-refractivity contribution in [2.24, 2.45) is 0 Å². The molecule has 0 unspecified atom stereocenters. The van der Waals surface area contributed by atoms with Crippen molar-refractivity contribution in [3.63, 3.8) is 0 Å². The summed E-state index contributed by atoms with van der Waals surface area (Å²) in [5.74, 6) is 0.459. The predicted octanol–water partition coefficient (Wildman–Crippen LogP) is 3.99. The van der Waals surface area contributed by atoms with Gasteiger partial charge in [0.1, 0.15) is 5.75 Å². The summed E-state index contributed by atoms with van der Waals surface area (Å²) >= 11 is 3.32. The summed E-state index contributed by atoms with van der Waals surface area (Å²) in [5.41, 5.74) is 8.57. The van der Waals surface area contributed by atoms with E-state index in [4.69, 9.17) is 10.5 Å². The van der Waals surface area contributed by atoms with Gasteiger partial charge in [-0.25, -0.2) is 0 Å². The maximum absolute atomic E-state index is 12.3. The Hall–Kier alpha value is -2.01. The Morgan fingerprint density at radius 3 is 2.71 bits per heavy atom. The van der Waals surface area contributed by atoms with Crippen LogP contribution in [-0.2, 0) is 0 Å². The second kappa shape index (κ2) is 6.63. The van der Waals surface area contributed by atoms with Crippen LogP contribution < -0.4 is 15.8 Å². The molecule has 2 aromatic rings. The maximum Gasteiger partial charge on any atom is 0.255 e. The first-order valence-electron chi connectivity index (χ1n) is 6.61. The summed E-state index contributed by atoms with van der Waals surface area (Å²) in [6.45, 7) is 4.43. The molecule has 0 atom stereocenters. The Balaban J connectivity index is 2.24. The van der Waals surface area contributed by atoms with Crippen molar-refractivity contribution in [1.29, 1.82) is 0 Å². The van der Waals surface area contributed by atoms with Crippen molar-refractivity contribution >= 4 is 33.2 Å². The molecule has 0 saturated carbocycles. The molecule has 0 saturated heterocycles. The third-order valence-electron chi connectivity index (χ3n) is 2.95. The first-order chi connectivity index (χ1) is 10.0.